The van der Waals surface area contributed by atoms with Crippen molar-refractivity contribution in [2.45, 2.75) is 29.5 Å². The summed E-state index contributed by atoms with van der Waals surface area (Å²) in [6.45, 7) is 2.07. The molecule has 0 spiro atoms. The molecular weight excluding hydrogens is 294 g/mol. The molecule has 92 valence electrons. The Kier molecular flexibility index (Phi) is 6.17. The first kappa shape index (κ1) is 15.6. The smallest absolute Gasteiger partial charge is 0.124 e. The molecule has 0 aliphatic rings. The fraction of sp³-hybridized carbons (Fsp3) is 0.400. The molecule has 0 aliphatic heterocycles. The van der Waals surface area contributed by atoms with Gasteiger partial charge in [-0.1, -0.05) is 35.0 Å². The lowest BCUT2D eigenvalue weighted by Crippen LogP contribution is -2.02. The Morgan fingerprint density at radius 2 is 1.81 bits per heavy atom. The fourth-order valence-corrected chi connectivity index (χ4v) is 2.04. The van der Waals surface area contributed by atoms with Gasteiger partial charge in [-0.3, -0.25) is 0 Å². The van der Waals surface area contributed by atoms with E-state index in [9.17, 15) is 13.0 Å². The Bertz CT molecular complexity index is 416. The quantitative estimate of drug-likeness (QED) is 0.684. The topological polar surface area (TPSA) is 93.7 Å². The van der Waals surface area contributed by atoms with E-state index < -0.39 is 10.1 Å². The van der Waals surface area contributed by atoms with Crippen molar-refractivity contribution in [3.63, 3.8) is 0 Å². The molecule has 0 fully saturated rings. The van der Waals surface area contributed by atoms with Crippen LogP contribution in [0.2, 0.25) is 0 Å². The van der Waals surface area contributed by atoms with Gasteiger partial charge in [-0.05, 0) is 30.5 Å². The van der Waals surface area contributed by atoms with E-state index in [4.69, 9.17) is 0 Å². The van der Waals surface area contributed by atoms with Crippen molar-refractivity contribution < 1.29 is 13.0 Å². The maximum Gasteiger partial charge on any atom is 0.124 e. The van der Waals surface area contributed by atoms with Gasteiger partial charge in [0.25, 0.3) is 0 Å². The summed E-state index contributed by atoms with van der Waals surface area (Å²) in [6.07, 6.45) is 1.83. The Morgan fingerprint density at radius 1 is 1.31 bits per heavy atom. The highest BCUT2D eigenvalue weighted by Gasteiger charge is 2.04. The maximum absolute atomic E-state index is 10.7. The lowest BCUT2D eigenvalue weighted by atomic mass is 10.1. The Labute approximate surface area is 105 Å². The molecule has 0 heterocycles. The van der Waals surface area contributed by atoms with Gasteiger partial charge in [-0.15, -0.1) is 0 Å². The highest BCUT2D eigenvalue weighted by molar-refractivity contribution is 9.09. The van der Waals surface area contributed by atoms with Crippen LogP contribution in [0, 0.1) is 0 Å². The fourth-order valence-electron chi connectivity index (χ4n) is 1.19. The van der Waals surface area contributed by atoms with Crippen molar-refractivity contribution in [3.05, 3.63) is 29.8 Å². The summed E-state index contributed by atoms with van der Waals surface area (Å²) in [6, 6.07) is 6.06. The highest BCUT2D eigenvalue weighted by atomic mass is 79.9. The van der Waals surface area contributed by atoms with E-state index in [1.54, 1.807) is 12.1 Å². The van der Waals surface area contributed by atoms with Gasteiger partial charge >= 0.3 is 0 Å². The average Bonchev–Trinajstić information content (AvgIpc) is 2.17. The minimum absolute atomic E-state index is 0. The molecule has 1 aromatic carbocycles. The second kappa shape index (κ2) is 6.34. The molecular formula is C10H16BrNO3S. The normalized spacial score (nSPS) is 12.9. The van der Waals surface area contributed by atoms with Crippen molar-refractivity contribution in [3.8, 4) is 0 Å². The SMILES string of the molecule is CCC(Br)Cc1ccc(S(=O)(=O)[O-])cc1.[NH4+]. The van der Waals surface area contributed by atoms with E-state index in [1.807, 2.05) is 0 Å². The molecule has 0 saturated heterocycles. The predicted octanol–water partition coefficient (Wildman–Crippen LogP) is 2.68. The van der Waals surface area contributed by atoms with Crippen molar-refractivity contribution in [1.82, 2.24) is 6.15 Å². The summed E-state index contributed by atoms with van der Waals surface area (Å²) in [5.74, 6) is 0. The van der Waals surface area contributed by atoms with Crippen molar-refractivity contribution >= 4 is 26.0 Å². The zero-order chi connectivity index (χ0) is 11.5. The first-order valence-corrected chi connectivity index (χ1v) is 6.94. The van der Waals surface area contributed by atoms with Gasteiger partial charge in [-0.25, -0.2) is 8.42 Å². The van der Waals surface area contributed by atoms with Crippen LogP contribution in [-0.2, 0) is 16.5 Å². The molecule has 4 nitrogen and oxygen atoms in total. The molecule has 1 aromatic rings. The van der Waals surface area contributed by atoms with E-state index in [0.29, 0.717) is 4.83 Å². The highest BCUT2D eigenvalue weighted by Crippen LogP contribution is 2.15. The first-order chi connectivity index (χ1) is 6.93. The molecule has 6 heteroatoms. The molecule has 0 aliphatic carbocycles. The summed E-state index contributed by atoms with van der Waals surface area (Å²) in [5.41, 5.74) is 1.02. The van der Waals surface area contributed by atoms with E-state index >= 15 is 0 Å². The van der Waals surface area contributed by atoms with Crippen LogP contribution < -0.4 is 6.15 Å². The number of benzene rings is 1. The molecule has 1 atom stereocenters. The van der Waals surface area contributed by atoms with Gasteiger partial charge in [0, 0.05) is 4.83 Å². The van der Waals surface area contributed by atoms with Crippen LogP contribution in [0.4, 0.5) is 0 Å². The van der Waals surface area contributed by atoms with Crippen molar-refractivity contribution in [2.75, 3.05) is 0 Å². The Morgan fingerprint density at radius 3 is 2.19 bits per heavy atom. The zero-order valence-corrected chi connectivity index (χ0v) is 11.7. The Hall–Kier alpha value is -0.430. The van der Waals surface area contributed by atoms with Crippen LogP contribution in [0.15, 0.2) is 29.2 Å². The molecule has 1 unspecified atom stereocenters. The number of hydrogen-bond acceptors (Lipinski definition) is 3. The largest absolute Gasteiger partial charge is 0.744 e. The minimum atomic E-state index is -4.32. The van der Waals surface area contributed by atoms with Gasteiger partial charge in [0.05, 0.1) is 4.90 Å². The molecule has 0 bridgehead atoms. The third kappa shape index (κ3) is 4.61. The second-order valence-electron chi connectivity index (χ2n) is 3.31. The van der Waals surface area contributed by atoms with Gasteiger partial charge in [0.15, 0.2) is 0 Å². The van der Waals surface area contributed by atoms with Crippen LogP contribution in [0.1, 0.15) is 18.9 Å². The van der Waals surface area contributed by atoms with Crippen LogP contribution in [0.3, 0.4) is 0 Å². The predicted molar refractivity (Wildman–Crippen MR) is 67.1 cm³/mol. The summed E-state index contributed by atoms with van der Waals surface area (Å²) in [4.78, 5) is 0.209. The van der Waals surface area contributed by atoms with E-state index in [-0.39, 0.29) is 11.0 Å². The van der Waals surface area contributed by atoms with Crippen molar-refractivity contribution in [1.29, 1.82) is 0 Å². The first-order valence-electron chi connectivity index (χ1n) is 4.62. The molecule has 0 amide bonds. The van der Waals surface area contributed by atoms with Gasteiger partial charge < -0.3 is 10.7 Å². The molecule has 0 saturated carbocycles. The maximum atomic E-state index is 10.7. The molecule has 0 aromatic heterocycles. The minimum Gasteiger partial charge on any atom is -0.744 e. The van der Waals surface area contributed by atoms with Gasteiger partial charge in [0.2, 0.25) is 0 Å². The number of quaternary nitrogens is 1. The van der Waals surface area contributed by atoms with E-state index in [1.165, 1.54) is 12.1 Å². The van der Waals surface area contributed by atoms with Crippen LogP contribution in [-0.4, -0.2) is 17.8 Å². The number of alkyl halides is 1. The lowest BCUT2D eigenvalue weighted by Gasteiger charge is -2.09. The summed E-state index contributed by atoms with van der Waals surface area (Å²) >= 11 is 3.49. The van der Waals surface area contributed by atoms with Crippen molar-refractivity contribution in [2.24, 2.45) is 0 Å². The van der Waals surface area contributed by atoms with E-state index in [0.717, 1.165) is 18.4 Å². The third-order valence-corrected chi connectivity index (χ3v) is 3.93. The van der Waals surface area contributed by atoms with Crippen LogP contribution in [0.5, 0.6) is 0 Å². The lowest BCUT2D eigenvalue weighted by molar-refractivity contribution is 0.463. The van der Waals surface area contributed by atoms with Gasteiger partial charge in [0.1, 0.15) is 10.1 Å². The second-order valence-corrected chi connectivity index (χ2v) is 5.98. The summed E-state index contributed by atoms with van der Waals surface area (Å²) in [5, 5.41) is 0. The number of halogens is 1. The van der Waals surface area contributed by atoms with E-state index in [2.05, 4.69) is 22.9 Å². The van der Waals surface area contributed by atoms with Gasteiger partial charge in [-0.2, -0.15) is 0 Å². The zero-order valence-electron chi connectivity index (χ0n) is 9.31. The van der Waals surface area contributed by atoms with Crippen LogP contribution in [0.25, 0.3) is 0 Å². The monoisotopic (exact) mass is 309 g/mol. The Balaban J connectivity index is 0.00000225. The number of rotatable bonds is 4. The molecule has 1 rings (SSSR count). The molecule has 4 N–H and O–H groups in total. The molecule has 0 radical (unpaired) electrons. The summed E-state index contributed by atoms with van der Waals surface area (Å²) in [7, 11) is -4.32. The summed E-state index contributed by atoms with van der Waals surface area (Å²) < 4.78 is 32.0. The molecule has 16 heavy (non-hydrogen) atoms. The average molecular weight is 310 g/mol. The number of hydrogen-bond donors (Lipinski definition) is 1. The standard InChI is InChI=1S/C10H13BrO3S.H3N/c1-2-9(11)7-8-3-5-10(6-4-8)15(12,13)14;/h3-6,9H,2,7H2,1H3,(H,12,13,14);1H3. The van der Waals surface area contributed by atoms with Crippen LogP contribution >= 0.6 is 15.9 Å². The third-order valence-electron chi connectivity index (χ3n) is 2.11.